The van der Waals surface area contributed by atoms with Gasteiger partial charge in [-0.15, -0.1) is 0 Å². The lowest BCUT2D eigenvalue weighted by Crippen LogP contribution is -2.35. The first-order chi connectivity index (χ1) is 13.3. The second-order valence-electron chi connectivity index (χ2n) is 5.95. The Labute approximate surface area is 163 Å². The Morgan fingerprint density at radius 3 is 2.32 bits per heavy atom. The van der Waals surface area contributed by atoms with Crippen LogP contribution in [0.1, 0.15) is 17.2 Å². The monoisotopic (exact) mass is 401 g/mol. The van der Waals surface area contributed by atoms with E-state index in [9.17, 15) is 18.0 Å². The van der Waals surface area contributed by atoms with Crippen LogP contribution in [0.5, 0.6) is 0 Å². The standard InChI is InChI=1S/C19H19N3O5S/c1-22(2)19(24)18(14-8-4-3-5-9-14)27-17(23)13-21-28(25,26)16-11-7-6-10-15(16)12-20/h3-11,18,21H,13H2,1-2H3/t18-/m1/s1. The van der Waals surface area contributed by atoms with E-state index in [4.69, 9.17) is 10.00 Å². The zero-order valence-electron chi connectivity index (χ0n) is 15.3. The largest absolute Gasteiger partial charge is 0.446 e. The van der Waals surface area contributed by atoms with Crippen LogP contribution in [0.2, 0.25) is 0 Å². The van der Waals surface area contributed by atoms with Gasteiger partial charge in [-0.25, -0.2) is 8.42 Å². The summed E-state index contributed by atoms with van der Waals surface area (Å²) in [6.07, 6.45) is -1.19. The molecule has 0 saturated carbocycles. The van der Waals surface area contributed by atoms with Gasteiger partial charge in [-0.05, 0) is 12.1 Å². The maximum Gasteiger partial charge on any atom is 0.322 e. The minimum Gasteiger partial charge on any atom is -0.446 e. The highest BCUT2D eigenvalue weighted by Gasteiger charge is 2.27. The maximum atomic E-state index is 12.4. The molecular formula is C19H19N3O5S. The summed E-state index contributed by atoms with van der Waals surface area (Å²) < 4.78 is 32.1. The van der Waals surface area contributed by atoms with Crippen LogP contribution in [0.4, 0.5) is 0 Å². The summed E-state index contributed by atoms with van der Waals surface area (Å²) >= 11 is 0. The van der Waals surface area contributed by atoms with Crippen molar-refractivity contribution in [1.82, 2.24) is 9.62 Å². The van der Waals surface area contributed by atoms with Crippen LogP contribution < -0.4 is 4.72 Å². The molecule has 0 unspecified atom stereocenters. The number of nitriles is 1. The van der Waals surface area contributed by atoms with Crippen LogP contribution in [0, 0.1) is 11.3 Å². The fraction of sp³-hybridized carbons (Fsp3) is 0.211. The highest BCUT2D eigenvalue weighted by Crippen LogP contribution is 2.20. The molecule has 2 aromatic rings. The van der Waals surface area contributed by atoms with E-state index in [0.29, 0.717) is 5.56 Å². The Kier molecular flexibility index (Phi) is 6.87. The molecule has 2 aromatic carbocycles. The second-order valence-corrected chi connectivity index (χ2v) is 7.68. The van der Waals surface area contributed by atoms with Crippen molar-refractivity contribution in [3.63, 3.8) is 0 Å². The fourth-order valence-electron chi connectivity index (χ4n) is 2.32. The average Bonchev–Trinajstić information content (AvgIpc) is 2.70. The smallest absolute Gasteiger partial charge is 0.322 e. The molecule has 8 nitrogen and oxygen atoms in total. The number of sulfonamides is 1. The number of esters is 1. The molecule has 9 heteroatoms. The number of likely N-dealkylation sites (N-methyl/N-ethyl adjacent to an activating group) is 1. The van der Waals surface area contributed by atoms with E-state index in [0.717, 1.165) is 0 Å². The minimum atomic E-state index is -4.10. The van der Waals surface area contributed by atoms with E-state index in [-0.39, 0.29) is 10.5 Å². The van der Waals surface area contributed by atoms with Crippen LogP contribution in [0.25, 0.3) is 0 Å². The number of carbonyl (C=O) groups is 2. The Bertz CT molecular complexity index is 998. The lowest BCUT2D eigenvalue weighted by Gasteiger charge is -2.21. The zero-order valence-corrected chi connectivity index (χ0v) is 16.1. The summed E-state index contributed by atoms with van der Waals surface area (Å²) in [4.78, 5) is 25.6. The summed E-state index contributed by atoms with van der Waals surface area (Å²) in [5.41, 5.74) is 0.417. The molecule has 0 aliphatic heterocycles. The van der Waals surface area contributed by atoms with Crippen LogP contribution in [-0.4, -0.2) is 45.8 Å². The molecule has 2 rings (SSSR count). The maximum absolute atomic E-state index is 12.4. The first-order valence-electron chi connectivity index (χ1n) is 8.20. The third-order valence-electron chi connectivity index (χ3n) is 3.72. The van der Waals surface area contributed by atoms with E-state index in [1.165, 1.54) is 43.3 Å². The Morgan fingerprint density at radius 2 is 1.71 bits per heavy atom. The van der Waals surface area contributed by atoms with Crippen molar-refractivity contribution in [2.75, 3.05) is 20.6 Å². The topological polar surface area (TPSA) is 117 Å². The van der Waals surface area contributed by atoms with Crippen molar-refractivity contribution in [1.29, 1.82) is 5.26 Å². The molecule has 146 valence electrons. The Hall–Kier alpha value is -3.22. The van der Waals surface area contributed by atoms with Crippen molar-refractivity contribution in [2.45, 2.75) is 11.0 Å². The molecule has 0 bridgehead atoms. The molecular weight excluding hydrogens is 382 g/mol. The molecule has 28 heavy (non-hydrogen) atoms. The number of nitrogens with one attached hydrogen (secondary N) is 1. The summed E-state index contributed by atoms with van der Waals surface area (Å²) in [6.45, 7) is -0.688. The number of hydrogen-bond acceptors (Lipinski definition) is 6. The van der Waals surface area contributed by atoms with E-state index < -0.39 is 34.5 Å². The van der Waals surface area contributed by atoms with Gasteiger partial charge in [-0.3, -0.25) is 9.59 Å². The number of carbonyl (C=O) groups excluding carboxylic acids is 2. The highest BCUT2D eigenvalue weighted by molar-refractivity contribution is 7.89. The van der Waals surface area contributed by atoms with Crippen LogP contribution in [0.3, 0.4) is 0 Å². The molecule has 0 radical (unpaired) electrons. The zero-order chi connectivity index (χ0) is 20.7. The van der Waals surface area contributed by atoms with Gasteiger partial charge in [-0.1, -0.05) is 42.5 Å². The molecule has 0 aromatic heterocycles. The van der Waals surface area contributed by atoms with Crippen molar-refractivity contribution in [2.24, 2.45) is 0 Å². The van der Waals surface area contributed by atoms with Gasteiger partial charge >= 0.3 is 5.97 Å². The predicted molar refractivity (Wildman–Crippen MR) is 100 cm³/mol. The van der Waals surface area contributed by atoms with E-state index >= 15 is 0 Å². The second kappa shape index (κ2) is 9.12. The van der Waals surface area contributed by atoms with Crippen LogP contribution >= 0.6 is 0 Å². The first-order valence-corrected chi connectivity index (χ1v) is 9.69. The van der Waals surface area contributed by atoms with Crippen LogP contribution in [0.15, 0.2) is 59.5 Å². The lowest BCUT2D eigenvalue weighted by atomic mass is 10.1. The van der Waals surface area contributed by atoms with Gasteiger partial charge in [-0.2, -0.15) is 9.98 Å². The molecule has 0 aliphatic rings. The molecule has 1 atom stereocenters. The lowest BCUT2D eigenvalue weighted by molar-refractivity contribution is -0.158. The molecule has 0 spiro atoms. The number of benzene rings is 2. The Morgan fingerprint density at radius 1 is 1.11 bits per heavy atom. The Balaban J connectivity index is 2.13. The van der Waals surface area contributed by atoms with Gasteiger partial charge < -0.3 is 9.64 Å². The molecule has 0 heterocycles. The van der Waals surface area contributed by atoms with Crippen molar-refractivity contribution in [3.8, 4) is 6.07 Å². The number of nitrogens with zero attached hydrogens (tertiary/aromatic N) is 2. The molecule has 1 N–H and O–H groups in total. The van der Waals surface area contributed by atoms with Gasteiger partial charge in [0.05, 0.1) is 10.5 Å². The summed E-state index contributed by atoms with van der Waals surface area (Å²) in [5, 5.41) is 9.04. The highest BCUT2D eigenvalue weighted by atomic mass is 32.2. The SMILES string of the molecule is CN(C)C(=O)[C@H](OC(=O)CNS(=O)(=O)c1ccccc1C#N)c1ccccc1. The normalized spacial score (nSPS) is 11.9. The molecule has 0 aliphatic carbocycles. The fourth-order valence-corrected chi connectivity index (χ4v) is 3.45. The third kappa shape index (κ3) is 5.16. The van der Waals surface area contributed by atoms with E-state index in [1.807, 2.05) is 0 Å². The van der Waals surface area contributed by atoms with Crippen molar-refractivity contribution < 1.29 is 22.7 Å². The predicted octanol–water partition coefficient (Wildman–Crippen LogP) is 1.21. The third-order valence-corrected chi connectivity index (χ3v) is 5.18. The number of rotatable bonds is 7. The minimum absolute atomic E-state index is 0.0479. The average molecular weight is 401 g/mol. The molecule has 1 amide bonds. The van der Waals surface area contributed by atoms with Gasteiger partial charge in [0.25, 0.3) is 5.91 Å². The van der Waals surface area contributed by atoms with Crippen LogP contribution in [-0.2, 0) is 24.3 Å². The van der Waals surface area contributed by atoms with E-state index in [2.05, 4.69) is 4.72 Å². The number of ether oxygens (including phenoxy) is 1. The van der Waals surface area contributed by atoms with Crippen molar-refractivity contribution >= 4 is 21.9 Å². The molecule has 0 fully saturated rings. The summed E-state index contributed by atoms with van der Waals surface area (Å²) in [7, 11) is -1.06. The van der Waals surface area contributed by atoms with Crippen molar-refractivity contribution in [3.05, 3.63) is 65.7 Å². The number of hydrogen-bond donors (Lipinski definition) is 1. The van der Waals surface area contributed by atoms with Gasteiger partial charge in [0.1, 0.15) is 12.6 Å². The van der Waals surface area contributed by atoms with Gasteiger partial charge in [0.15, 0.2) is 0 Å². The van der Waals surface area contributed by atoms with Gasteiger partial charge in [0, 0.05) is 19.7 Å². The van der Waals surface area contributed by atoms with E-state index in [1.54, 1.807) is 36.4 Å². The summed E-state index contributed by atoms with van der Waals surface area (Å²) in [6, 6.07) is 15.8. The number of amides is 1. The molecule has 0 saturated heterocycles. The summed E-state index contributed by atoms with van der Waals surface area (Å²) in [5.74, 6) is -1.39. The van der Waals surface area contributed by atoms with Gasteiger partial charge in [0.2, 0.25) is 16.1 Å². The first kappa shape index (κ1) is 21.1. The quantitative estimate of drug-likeness (QED) is 0.697.